The Hall–Kier alpha value is -3.75. The number of rotatable bonds is 7. The van der Waals surface area contributed by atoms with E-state index in [9.17, 15) is 9.18 Å². The van der Waals surface area contributed by atoms with Gasteiger partial charge in [0.25, 0.3) is 5.89 Å². The number of aromatic nitrogens is 4. The number of fused-ring (bicyclic) bond motifs is 1. The molecule has 3 heterocycles. The molecular formula is C22H21FN4O4. The number of pyridine rings is 1. The number of halogens is 1. The van der Waals surface area contributed by atoms with Crippen LogP contribution in [0.1, 0.15) is 31.4 Å². The highest BCUT2D eigenvalue weighted by molar-refractivity contribution is 5.95. The maximum absolute atomic E-state index is 14.5. The Morgan fingerprint density at radius 3 is 2.87 bits per heavy atom. The minimum Gasteiger partial charge on any atom is -0.481 e. The highest BCUT2D eigenvalue weighted by Crippen LogP contribution is 2.32. The fourth-order valence-corrected chi connectivity index (χ4v) is 3.37. The van der Waals surface area contributed by atoms with Crippen LogP contribution >= 0.6 is 0 Å². The Bertz CT molecular complexity index is 1260. The molecule has 0 aliphatic heterocycles. The first-order chi connectivity index (χ1) is 14.8. The summed E-state index contributed by atoms with van der Waals surface area (Å²) in [5.74, 6) is -0.283. The van der Waals surface area contributed by atoms with Gasteiger partial charge in [-0.15, -0.1) is 0 Å². The number of hydrogen-bond acceptors (Lipinski definition) is 6. The first-order valence-electron chi connectivity index (χ1n) is 9.81. The molecule has 4 aromatic rings. The third kappa shape index (κ3) is 4.11. The van der Waals surface area contributed by atoms with Gasteiger partial charge in [-0.3, -0.25) is 4.79 Å². The maximum Gasteiger partial charge on any atom is 0.303 e. The van der Waals surface area contributed by atoms with Crippen LogP contribution in [-0.4, -0.2) is 37.3 Å². The van der Waals surface area contributed by atoms with Crippen molar-refractivity contribution in [3.05, 3.63) is 47.5 Å². The van der Waals surface area contributed by atoms with Crippen LogP contribution in [0.5, 0.6) is 5.88 Å². The van der Waals surface area contributed by atoms with E-state index in [1.165, 1.54) is 6.07 Å². The quantitative estimate of drug-likeness (QED) is 0.448. The zero-order chi connectivity index (χ0) is 22.1. The minimum absolute atomic E-state index is 0.00845. The van der Waals surface area contributed by atoms with Gasteiger partial charge in [-0.1, -0.05) is 5.16 Å². The molecule has 3 aromatic heterocycles. The van der Waals surface area contributed by atoms with Crippen molar-refractivity contribution in [2.75, 3.05) is 0 Å². The fraction of sp³-hybridized carbons (Fsp3) is 0.273. The van der Waals surface area contributed by atoms with Crippen LogP contribution in [0.4, 0.5) is 4.39 Å². The van der Waals surface area contributed by atoms with Crippen molar-refractivity contribution >= 4 is 16.9 Å². The standard InChI is InChI=1S/C22H21FN4O4/c1-11(2)30-21-12(3)8-14(10-25-21)22-26-20(27-31-22)15-5-6-16(23)18-13(4-7-17(28)29)9-24-19(15)18/h5-6,8-11,24H,4,7H2,1-3H3,(H,28,29). The zero-order valence-electron chi connectivity index (χ0n) is 17.3. The fourth-order valence-electron chi connectivity index (χ4n) is 3.37. The Kier molecular flexibility index (Phi) is 5.41. The number of hydrogen-bond donors (Lipinski definition) is 2. The third-order valence-corrected chi connectivity index (χ3v) is 4.77. The molecular weight excluding hydrogens is 403 g/mol. The van der Waals surface area contributed by atoms with Gasteiger partial charge in [-0.05, 0) is 51.0 Å². The van der Waals surface area contributed by atoms with E-state index in [1.54, 1.807) is 18.5 Å². The number of H-pyrrole nitrogens is 1. The second-order valence-corrected chi connectivity index (χ2v) is 7.49. The predicted molar refractivity (Wildman–Crippen MR) is 111 cm³/mol. The van der Waals surface area contributed by atoms with Crippen LogP contribution in [0.25, 0.3) is 33.7 Å². The second-order valence-electron chi connectivity index (χ2n) is 7.49. The Morgan fingerprint density at radius 2 is 2.16 bits per heavy atom. The van der Waals surface area contributed by atoms with Gasteiger partial charge in [0.05, 0.1) is 17.2 Å². The molecule has 0 saturated heterocycles. The Balaban J connectivity index is 1.69. The van der Waals surface area contributed by atoms with Crippen LogP contribution < -0.4 is 4.74 Å². The normalized spacial score (nSPS) is 11.4. The lowest BCUT2D eigenvalue weighted by Crippen LogP contribution is -2.08. The molecule has 0 unspecified atom stereocenters. The van der Waals surface area contributed by atoms with E-state index in [0.29, 0.717) is 33.5 Å². The van der Waals surface area contributed by atoms with Gasteiger partial charge in [-0.2, -0.15) is 4.98 Å². The van der Waals surface area contributed by atoms with Crippen molar-refractivity contribution in [2.45, 2.75) is 39.7 Å². The number of ether oxygens (including phenoxy) is 1. The van der Waals surface area contributed by atoms with Crippen molar-refractivity contribution in [1.29, 1.82) is 0 Å². The number of benzene rings is 1. The summed E-state index contributed by atoms with van der Waals surface area (Å²) in [4.78, 5) is 22.7. The summed E-state index contributed by atoms with van der Waals surface area (Å²) in [6.45, 7) is 5.74. The first kappa shape index (κ1) is 20.5. The molecule has 0 bridgehead atoms. The third-order valence-electron chi connectivity index (χ3n) is 4.77. The summed E-state index contributed by atoms with van der Waals surface area (Å²) < 4.78 is 25.6. The van der Waals surface area contributed by atoms with Crippen LogP contribution in [0.15, 0.2) is 35.1 Å². The van der Waals surface area contributed by atoms with E-state index in [0.717, 1.165) is 5.56 Å². The summed E-state index contributed by atoms with van der Waals surface area (Å²) in [6, 6.07) is 4.73. The smallest absolute Gasteiger partial charge is 0.303 e. The van der Waals surface area contributed by atoms with Crippen LogP contribution in [-0.2, 0) is 11.2 Å². The molecule has 1 aromatic carbocycles. The van der Waals surface area contributed by atoms with Crippen molar-refractivity contribution < 1.29 is 23.6 Å². The molecule has 0 aliphatic rings. The number of aryl methyl sites for hydroxylation is 2. The number of nitrogens with one attached hydrogen (secondary N) is 1. The van der Waals surface area contributed by atoms with E-state index in [4.69, 9.17) is 14.4 Å². The van der Waals surface area contributed by atoms with E-state index >= 15 is 0 Å². The van der Waals surface area contributed by atoms with Gasteiger partial charge in [0.2, 0.25) is 11.7 Å². The number of aliphatic carboxylic acids is 1. The van der Waals surface area contributed by atoms with E-state index in [1.807, 2.05) is 26.8 Å². The first-order valence-corrected chi connectivity index (χ1v) is 9.81. The summed E-state index contributed by atoms with van der Waals surface area (Å²) in [6.07, 6.45) is 3.34. The highest BCUT2D eigenvalue weighted by Gasteiger charge is 2.19. The van der Waals surface area contributed by atoms with Gasteiger partial charge >= 0.3 is 5.97 Å². The van der Waals surface area contributed by atoms with Gasteiger partial charge in [-0.25, -0.2) is 9.37 Å². The average Bonchev–Trinajstić information content (AvgIpc) is 3.36. The monoisotopic (exact) mass is 424 g/mol. The summed E-state index contributed by atoms with van der Waals surface area (Å²) in [5.41, 5.74) is 3.10. The molecule has 4 rings (SSSR count). The van der Waals surface area contributed by atoms with Crippen molar-refractivity contribution in [3.8, 4) is 28.7 Å². The average molecular weight is 424 g/mol. The van der Waals surface area contributed by atoms with Gasteiger partial charge < -0.3 is 19.4 Å². The van der Waals surface area contributed by atoms with E-state index < -0.39 is 11.8 Å². The lowest BCUT2D eigenvalue weighted by atomic mass is 10.0. The molecule has 0 amide bonds. The lowest BCUT2D eigenvalue weighted by Gasteiger charge is -2.11. The molecule has 8 nitrogen and oxygen atoms in total. The van der Waals surface area contributed by atoms with Crippen LogP contribution in [0, 0.1) is 12.7 Å². The molecule has 0 fully saturated rings. The Labute approximate surface area is 177 Å². The molecule has 0 aliphatic carbocycles. The van der Waals surface area contributed by atoms with Crippen LogP contribution in [0.2, 0.25) is 0 Å². The van der Waals surface area contributed by atoms with E-state index in [-0.39, 0.29) is 30.7 Å². The minimum atomic E-state index is -0.942. The van der Waals surface area contributed by atoms with Gasteiger partial charge in [0, 0.05) is 35.3 Å². The van der Waals surface area contributed by atoms with Gasteiger partial charge in [0.15, 0.2) is 0 Å². The van der Waals surface area contributed by atoms with E-state index in [2.05, 4.69) is 20.1 Å². The lowest BCUT2D eigenvalue weighted by molar-refractivity contribution is -0.136. The zero-order valence-corrected chi connectivity index (χ0v) is 17.3. The van der Waals surface area contributed by atoms with Crippen molar-refractivity contribution in [3.63, 3.8) is 0 Å². The SMILES string of the molecule is Cc1cc(-c2nc(-c3ccc(F)c4c(CCC(=O)O)c[nH]c34)no2)cnc1OC(C)C. The molecule has 0 radical (unpaired) electrons. The van der Waals surface area contributed by atoms with Gasteiger partial charge in [0.1, 0.15) is 5.82 Å². The molecule has 0 spiro atoms. The largest absolute Gasteiger partial charge is 0.481 e. The maximum atomic E-state index is 14.5. The topological polar surface area (TPSA) is 114 Å². The predicted octanol–water partition coefficient (Wildman–Crippen LogP) is 4.53. The number of carboxylic acid groups (broad SMARTS) is 1. The number of nitrogens with zero attached hydrogens (tertiary/aromatic N) is 3. The van der Waals surface area contributed by atoms with Crippen LogP contribution in [0.3, 0.4) is 0 Å². The molecule has 9 heteroatoms. The molecule has 0 saturated carbocycles. The van der Waals surface area contributed by atoms with Crippen molar-refractivity contribution in [1.82, 2.24) is 20.1 Å². The summed E-state index contributed by atoms with van der Waals surface area (Å²) in [5, 5.41) is 13.3. The van der Waals surface area contributed by atoms with Crippen molar-refractivity contribution in [2.24, 2.45) is 0 Å². The molecule has 0 atom stereocenters. The highest BCUT2D eigenvalue weighted by atomic mass is 19.1. The second kappa shape index (κ2) is 8.17. The molecule has 2 N–H and O–H groups in total. The summed E-state index contributed by atoms with van der Waals surface area (Å²) in [7, 11) is 0. The molecule has 160 valence electrons. The number of carboxylic acids is 1. The number of aromatic amines is 1. The number of carbonyl (C=O) groups is 1. The Morgan fingerprint density at radius 1 is 1.35 bits per heavy atom. The molecule has 31 heavy (non-hydrogen) atoms. The summed E-state index contributed by atoms with van der Waals surface area (Å²) >= 11 is 0.